The average molecular weight is 389 g/mol. The van der Waals surface area contributed by atoms with Gasteiger partial charge >= 0.3 is 0 Å². The van der Waals surface area contributed by atoms with E-state index in [1.165, 1.54) is 6.07 Å². The molecule has 1 amide bonds. The van der Waals surface area contributed by atoms with Gasteiger partial charge in [0.1, 0.15) is 11.1 Å². The molecule has 9 nitrogen and oxygen atoms in total. The summed E-state index contributed by atoms with van der Waals surface area (Å²) in [6, 6.07) is 10.2. The Kier molecular flexibility index (Phi) is 4.40. The summed E-state index contributed by atoms with van der Waals surface area (Å²) >= 11 is 0. The third-order valence-electron chi connectivity index (χ3n) is 4.42. The fourth-order valence-electron chi connectivity index (χ4n) is 3.09. The number of carbonyl (C=O) groups excluding carboxylic acids is 1. The van der Waals surface area contributed by atoms with Gasteiger partial charge < -0.3 is 20.8 Å². The minimum Gasteiger partial charge on any atom is -0.502 e. The number of primary amides is 1. The Labute approximate surface area is 162 Å². The third-order valence-corrected chi connectivity index (χ3v) is 4.42. The quantitative estimate of drug-likeness (QED) is 0.409. The van der Waals surface area contributed by atoms with E-state index in [0.717, 1.165) is 11.1 Å². The minimum absolute atomic E-state index is 0.109. The van der Waals surface area contributed by atoms with E-state index in [4.69, 9.17) is 5.73 Å². The van der Waals surface area contributed by atoms with Gasteiger partial charge in [0.15, 0.2) is 5.75 Å². The van der Waals surface area contributed by atoms with Crippen molar-refractivity contribution >= 4 is 16.9 Å². The number of H-pyrrole nitrogens is 2. The van der Waals surface area contributed by atoms with Gasteiger partial charge in [0.2, 0.25) is 5.56 Å². The molecule has 0 radical (unpaired) electrons. The molecule has 0 saturated carbocycles. The second-order valence-electron chi connectivity index (χ2n) is 6.39. The number of aromatic hydroxyl groups is 1. The molecule has 0 bridgehead atoms. The largest absolute Gasteiger partial charge is 0.502 e. The van der Waals surface area contributed by atoms with Crippen molar-refractivity contribution in [3.63, 3.8) is 0 Å². The zero-order valence-corrected chi connectivity index (χ0v) is 15.0. The first-order valence-corrected chi connectivity index (χ1v) is 8.61. The van der Waals surface area contributed by atoms with Crippen LogP contribution in [0.1, 0.15) is 21.7 Å². The highest BCUT2D eigenvalue weighted by atomic mass is 16.3. The molecule has 0 aliphatic rings. The highest BCUT2D eigenvalue weighted by molar-refractivity contribution is 6.06. The molecule has 4 aromatic rings. The van der Waals surface area contributed by atoms with Crippen LogP contribution in [0.3, 0.4) is 0 Å². The number of nitrogens with one attached hydrogen (secondary N) is 2. The van der Waals surface area contributed by atoms with Crippen LogP contribution in [0, 0.1) is 0 Å². The summed E-state index contributed by atoms with van der Waals surface area (Å²) in [5.41, 5.74) is 7.19. The lowest BCUT2D eigenvalue weighted by atomic mass is 10.1. The summed E-state index contributed by atoms with van der Waals surface area (Å²) in [6.07, 6.45) is 3.53. The van der Waals surface area contributed by atoms with E-state index in [1.54, 1.807) is 36.7 Å². The van der Waals surface area contributed by atoms with Crippen molar-refractivity contribution in [3.8, 4) is 16.9 Å². The molecule has 0 aromatic carbocycles. The number of rotatable bonds is 4. The van der Waals surface area contributed by atoms with Gasteiger partial charge in [0, 0.05) is 36.3 Å². The van der Waals surface area contributed by atoms with Crippen molar-refractivity contribution in [1.82, 2.24) is 19.9 Å². The lowest BCUT2D eigenvalue weighted by Gasteiger charge is -2.08. The van der Waals surface area contributed by atoms with E-state index in [9.17, 15) is 19.5 Å². The van der Waals surface area contributed by atoms with Gasteiger partial charge in [-0.2, -0.15) is 0 Å². The number of nitrogens with two attached hydrogens (primary N) is 1. The number of hydrogen-bond acceptors (Lipinski definition) is 6. The number of hydrogen-bond donors (Lipinski definition) is 4. The van der Waals surface area contributed by atoms with Gasteiger partial charge in [0.05, 0.1) is 5.52 Å². The third kappa shape index (κ3) is 3.48. The highest BCUT2D eigenvalue weighted by Gasteiger charge is 2.18. The van der Waals surface area contributed by atoms with Crippen LogP contribution < -0.4 is 16.9 Å². The average Bonchev–Trinajstić information content (AvgIpc) is 2.69. The molecule has 144 valence electrons. The topological polar surface area (TPSA) is 155 Å². The summed E-state index contributed by atoms with van der Waals surface area (Å²) in [5, 5.41) is 9.91. The van der Waals surface area contributed by atoms with E-state index in [-0.39, 0.29) is 22.2 Å². The van der Waals surface area contributed by atoms with Gasteiger partial charge in [0.25, 0.3) is 11.5 Å². The number of carbonyl (C=O) groups is 1. The first kappa shape index (κ1) is 18.1. The lowest BCUT2D eigenvalue weighted by molar-refractivity contribution is 0.0999. The van der Waals surface area contributed by atoms with Crippen molar-refractivity contribution in [2.45, 2.75) is 6.42 Å². The monoisotopic (exact) mass is 389 g/mol. The predicted octanol–water partition coefficient (Wildman–Crippen LogP) is 1.07. The molecule has 29 heavy (non-hydrogen) atoms. The van der Waals surface area contributed by atoms with E-state index >= 15 is 0 Å². The smallest absolute Gasteiger partial charge is 0.291 e. The number of nitrogens with zero attached hydrogens (tertiary/aromatic N) is 2. The van der Waals surface area contributed by atoms with Crippen LogP contribution in [0.15, 0.2) is 58.4 Å². The van der Waals surface area contributed by atoms with Crippen molar-refractivity contribution < 1.29 is 9.90 Å². The zero-order valence-electron chi connectivity index (χ0n) is 15.0. The number of pyridine rings is 4. The molecular weight excluding hydrogens is 374 g/mol. The molecule has 9 heteroatoms. The van der Waals surface area contributed by atoms with Crippen molar-refractivity contribution in [2.24, 2.45) is 5.73 Å². The Morgan fingerprint density at radius 3 is 2.62 bits per heavy atom. The molecule has 0 unspecified atom stereocenters. The summed E-state index contributed by atoms with van der Waals surface area (Å²) in [6.45, 7) is 0. The lowest BCUT2D eigenvalue weighted by Crippen LogP contribution is -2.18. The zero-order chi connectivity index (χ0) is 20.5. The SMILES string of the molecule is NC(=O)c1c(O)c(=O)[nH]c2ccc(Cc3cc(-c4cc[nH]c(=O)c4)ccn3)nc12. The number of fused-ring (bicyclic) bond motifs is 1. The Balaban J connectivity index is 1.75. The van der Waals surface area contributed by atoms with Crippen LogP contribution in [0.2, 0.25) is 0 Å². The highest BCUT2D eigenvalue weighted by Crippen LogP contribution is 2.22. The maximum Gasteiger partial charge on any atom is 0.291 e. The number of aromatic amines is 2. The van der Waals surface area contributed by atoms with Crippen LogP contribution in [-0.2, 0) is 6.42 Å². The van der Waals surface area contributed by atoms with Gasteiger partial charge in [-0.25, -0.2) is 4.98 Å². The summed E-state index contributed by atoms with van der Waals surface area (Å²) in [5.74, 6) is -1.71. The van der Waals surface area contributed by atoms with Crippen LogP contribution in [0.25, 0.3) is 22.2 Å². The molecule has 0 saturated heterocycles. The van der Waals surface area contributed by atoms with Crippen molar-refractivity contribution in [2.75, 3.05) is 0 Å². The predicted molar refractivity (Wildman–Crippen MR) is 106 cm³/mol. The molecule has 0 spiro atoms. The molecule has 0 aliphatic carbocycles. The molecule has 4 aromatic heterocycles. The fourth-order valence-corrected chi connectivity index (χ4v) is 3.09. The van der Waals surface area contributed by atoms with Gasteiger partial charge in [-0.15, -0.1) is 0 Å². The molecular formula is C20H15N5O4. The summed E-state index contributed by atoms with van der Waals surface area (Å²) in [7, 11) is 0. The standard InChI is InChI=1S/C20H15N5O4/c21-19(28)16-17-14(25-20(29)18(16)27)2-1-12(24-17)9-13-7-10(3-5-22-13)11-4-6-23-15(26)8-11/h1-8,27H,9H2,(H2,21,28)(H,23,26)(H,25,29). The van der Waals surface area contributed by atoms with E-state index in [2.05, 4.69) is 19.9 Å². The normalized spacial score (nSPS) is 10.9. The number of aromatic nitrogens is 4. The minimum atomic E-state index is -0.947. The van der Waals surface area contributed by atoms with Gasteiger partial charge in [-0.3, -0.25) is 19.4 Å². The van der Waals surface area contributed by atoms with Gasteiger partial charge in [-0.1, -0.05) is 0 Å². The second-order valence-corrected chi connectivity index (χ2v) is 6.39. The maximum atomic E-state index is 11.8. The Morgan fingerprint density at radius 1 is 1.07 bits per heavy atom. The van der Waals surface area contributed by atoms with Crippen LogP contribution >= 0.6 is 0 Å². The Bertz CT molecular complexity index is 1370. The first-order chi connectivity index (χ1) is 13.9. The molecule has 4 rings (SSSR count). The summed E-state index contributed by atoms with van der Waals surface area (Å²) in [4.78, 5) is 48.7. The fraction of sp³-hybridized carbons (Fsp3) is 0.0500. The van der Waals surface area contributed by atoms with Crippen LogP contribution in [0.5, 0.6) is 5.75 Å². The van der Waals surface area contributed by atoms with Gasteiger partial charge in [-0.05, 0) is 41.5 Å². The number of amides is 1. The molecule has 5 N–H and O–H groups in total. The van der Waals surface area contributed by atoms with Crippen LogP contribution in [0.4, 0.5) is 0 Å². The van der Waals surface area contributed by atoms with Crippen LogP contribution in [-0.4, -0.2) is 30.9 Å². The maximum absolute atomic E-state index is 11.8. The molecule has 0 fully saturated rings. The Hall–Kier alpha value is -4.27. The van der Waals surface area contributed by atoms with E-state index in [0.29, 0.717) is 17.8 Å². The summed E-state index contributed by atoms with van der Waals surface area (Å²) < 4.78 is 0. The molecule has 0 atom stereocenters. The van der Waals surface area contributed by atoms with E-state index in [1.807, 2.05) is 6.07 Å². The first-order valence-electron chi connectivity index (χ1n) is 8.61. The van der Waals surface area contributed by atoms with E-state index < -0.39 is 17.2 Å². The molecule has 4 heterocycles. The van der Waals surface area contributed by atoms with Crippen molar-refractivity contribution in [3.05, 3.63) is 86.5 Å². The van der Waals surface area contributed by atoms with Crippen molar-refractivity contribution in [1.29, 1.82) is 0 Å². The second kappa shape index (κ2) is 7.04. The Morgan fingerprint density at radius 2 is 1.86 bits per heavy atom. The molecule has 0 aliphatic heterocycles.